The molecule has 0 fully saturated rings. The van der Waals surface area contributed by atoms with Crippen LogP contribution in [0.15, 0.2) is 0 Å². The standard InChI is InChI=1S/C12H25/c1-7-9-10-12(6,8-2)11(3,4)5/h3,7-10H2,1-2,4-6H3. The third-order valence-corrected chi connectivity index (χ3v) is 3.50. The zero-order valence-corrected chi connectivity index (χ0v) is 9.54. The van der Waals surface area contributed by atoms with Gasteiger partial charge in [-0.3, -0.25) is 0 Å². The monoisotopic (exact) mass is 169 g/mol. The molecule has 0 heteroatoms. The molecule has 0 rings (SSSR count). The molecule has 0 saturated heterocycles. The molecule has 1 atom stereocenters. The fourth-order valence-corrected chi connectivity index (χ4v) is 1.56. The van der Waals surface area contributed by atoms with Crippen LogP contribution in [-0.2, 0) is 0 Å². The normalized spacial score (nSPS) is 17.5. The average molecular weight is 169 g/mol. The molecule has 0 amide bonds. The van der Waals surface area contributed by atoms with Gasteiger partial charge in [-0.05, 0) is 24.2 Å². The summed E-state index contributed by atoms with van der Waals surface area (Å²) < 4.78 is 0. The van der Waals surface area contributed by atoms with E-state index in [1.807, 2.05) is 0 Å². The van der Waals surface area contributed by atoms with Crippen molar-refractivity contribution < 1.29 is 0 Å². The molecular weight excluding hydrogens is 144 g/mol. The van der Waals surface area contributed by atoms with Crippen LogP contribution in [0.25, 0.3) is 0 Å². The van der Waals surface area contributed by atoms with Gasteiger partial charge in [-0.25, -0.2) is 0 Å². The Morgan fingerprint density at radius 3 is 1.83 bits per heavy atom. The third-order valence-electron chi connectivity index (χ3n) is 3.50. The highest BCUT2D eigenvalue weighted by Gasteiger charge is 2.34. The Morgan fingerprint density at radius 1 is 1.08 bits per heavy atom. The first-order valence-electron chi connectivity index (χ1n) is 5.22. The number of hydrogen-bond donors (Lipinski definition) is 0. The largest absolute Gasteiger partial charge is 0.0654 e. The molecule has 0 N–H and O–H groups in total. The van der Waals surface area contributed by atoms with E-state index < -0.39 is 0 Å². The fraction of sp³-hybridized carbons (Fsp3) is 0.917. The van der Waals surface area contributed by atoms with Crippen molar-refractivity contribution in [1.82, 2.24) is 0 Å². The van der Waals surface area contributed by atoms with Crippen LogP contribution in [0.4, 0.5) is 0 Å². The van der Waals surface area contributed by atoms with Gasteiger partial charge in [0.1, 0.15) is 0 Å². The van der Waals surface area contributed by atoms with E-state index in [1.54, 1.807) is 0 Å². The third kappa shape index (κ3) is 2.80. The van der Waals surface area contributed by atoms with Crippen LogP contribution in [0.3, 0.4) is 0 Å². The average Bonchev–Trinajstić information content (AvgIpc) is 1.98. The van der Waals surface area contributed by atoms with Crippen molar-refractivity contribution >= 4 is 0 Å². The summed E-state index contributed by atoms with van der Waals surface area (Å²) in [4.78, 5) is 0. The lowest BCUT2D eigenvalue weighted by Crippen LogP contribution is -2.32. The summed E-state index contributed by atoms with van der Waals surface area (Å²) in [6.45, 7) is 15.7. The van der Waals surface area contributed by atoms with Crippen LogP contribution in [0.2, 0.25) is 0 Å². The summed E-state index contributed by atoms with van der Waals surface area (Å²) in [6, 6.07) is 0. The number of rotatable bonds is 5. The topological polar surface area (TPSA) is 0 Å². The highest BCUT2D eigenvalue weighted by Crippen LogP contribution is 2.44. The summed E-state index contributed by atoms with van der Waals surface area (Å²) in [5.74, 6) is 0. The SMILES string of the molecule is [CH2]C(C)(C)C(C)(CC)CCCC. The summed E-state index contributed by atoms with van der Waals surface area (Å²) in [6.07, 6.45) is 5.19. The fourth-order valence-electron chi connectivity index (χ4n) is 1.56. The molecule has 0 bridgehead atoms. The predicted octanol–water partition coefficient (Wildman–Crippen LogP) is 4.45. The van der Waals surface area contributed by atoms with Crippen LogP contribution >= 0.6 is 0 Å². The first kappa shape index (κ1) is 12.0. The second-order valence-corrected chi connectivity index (χ2v) is 4.90. The van der Waals surface area contributed by atoms with E-state index in [-0.39, 0.29) is 5.41 Å². The minimum atomic E-state index is 0.205. The Labute approximate surface area is 78.8 Å². The van der Waals surface area contributed by atoms with E-state index in [9.17, 15) is 0 Å². The lowest BCUT2D eigenvalue weighted by Gasteiger charge is -2.41. The lowest BCUT2D eigenvalue weighted by molar-refractivity contribution is 0.113. The highest BCUT2D eigenvalue weighted by molar-refractivity contribution is 4.89. The second-order valence-electron chi connectivity index (χ2n) is 4.90. The van der Waals surface area contributed by atoms with E-state index >= 15 is 0 Å². The Bertz CT molecular complexity index is 118. The van der Waals surface area contributed by atoms with Gasteiger partial charge in [-0.2, -0.15) is 0 Å². The molecule has 12 heavy (non-hydrogen) atoms. The van der Waals surface area contributed by atoms with Gasteiger partial charge >= 0.3 is 0 Å². The minimum absolute atomic E-state index is 0.205. The molecule has 73 valence electrons. The van der Waals surface area contributed by atoms with Gasteiger partial charge in [0, 0.05) is 0 Å². The van der Waals surface area contributed by atoms with Crippen LogP contribution in [0.1, 0.15) is 60.3 Å². The van der Waals surface area contributed by atoms with Gasteiger partial charge in [0.05, 0.1) is 0 Å². The van der Waals surface area contributed by atoms with E-state index in [4.69, 9.17) is 0 Å². The highest BCUT2D eigenvalue weighted by atomic mass is 14.4. The number of unbranched alkanes of at least 4 members (excludes halogenated alkanes) is 1. The Hall–Kier alpha value is 0. The maximum absolute atomic E-state index is 4.27. The van der Waals surface area contributed by atoms with E-state index in [2.05, 4.69) is 41.5 Å². The van der Waals surface area contributed by atoms with Crippen molar-refractivity contribution in [2.45, 2.75) is 60.3 Å². The van der Waals surface area contributed by atoms with Crippen molar-refractivity contribution in [3.8, 4) is 0 Å². The zero-order chi connectivity index (χ0) is 9.83. The van der Waals surface area contributed by atoms with Crippen molar-refractivity contribution in [1.29, 1.82) is 0 Å². The number of hydrogen-bond acceptors (Lipinski definition) is 0. The summed E-state index contributed by atoms with van der Waals surface area (Å²) in [5.41, 5.74) is 0.625. The Balaban J connectivity index is 4.24. The zero-order valence-electron chi connectivity index (χ0n) is 9.54. The summed E-state index contributed by atoms with van der Waals surface area (Å²) in [7, 11) is 0. The molecule has 0 aliphatic rings. The van der Waals surface area contributed by atoms with Crippen molar-refractivity contribution in [3.63, 3.8) is 0 Å². The Morgan fingerprint density at radius 2 is 1.58 bits per heavy atom. The van der Waals surface area contributed by atoms with Crippen LogP contribution in [0.5, 0.6) is 0 Å². The molecule has 0 saturated carbocycles. The van der Waals surface area contributed by atoms with Gasteiger partial charge in [0.25, 0.3) is 0 Å². The van der Waals surface area contributed by atoms with E-state index in [1.165, 1.54) is 25.7 Å². The molecular formula is C12H25. The molecule has 0 aliphatic carbocycles. The first-order chi connectivity index (χ1) is 5.37. The second kappa shape index (κ2) is 4.30. The molecule has 0 aromatic heterocycles. The molecule has 0 aromatic rings. The molecule has 1 unspecified atom stereocenters. The Kier molecular flexibility index (Phi) is 4.30. The molecule has 1 radical (unpaired) electrons. The van der Waals surface area contributed by atoms with E-state index in [0.29, 0.717) is 5.41 Å². The molecule has 0 aliphatic heterocycles. The van der Waals surface area contributed by atoms with E-state index in [0.717, 1.165) is 0 Å². The van der Waals surface area contributed by atoms with Gasteiger partial charge in [-0.1, -0.05) is 53.9 Å². The molecule has 0 aromatic carbocycles. The van der Waals surface area contributed by atoms with Gasteiger partial charge in [-0.15, -0.1) is 0 Å². The minimum Gasteiger partial charge on any atom is -0.0654 e. The van der Waals surface area contributed by atoms with Crippen LogP contribution < -0.4 is 0 Å². The molecule has 0 heterocycles. The van der Waals surface area contributed by atoms with Crippen LogP contribution in [0, 0.1) is 17.8 Å². The maximum atomic E-state index is 4.27. The van der Waals surface area contributed by atoms with Gasteiger partial charge < -0.3 is 0 Å². The molecule has 0 spiro atoms. The van der Waals surface area contributed by atoms with Crippen molar-refractivity contribution in [2.75, 3.05) is 0 Å². The maximum Gasteiger partial charge on any atom is -0.0277 e. The summed E-state index contributed by atoms with van der Waals surface area (Å²) in [5, 5.41) is 0. The molecule has 0 nitrogen and oxygen atoms in total. The first-order valence-corrected chi connectivity index (χ1v) is 5.22. The summed E-state index contributed by atoms with van der Waals surface area (Å²) >= 11 is 0. The van der Waals surface area contributed by atoms with Gasteiger partial charge in [0.2, 0.25) is 0 Å². The van der Waals surface area contributed by atoms with Crippen LogP contribution in [-0.4, -0.2) is 0 Å². The quantitative estimate of drug-likeness (QED) is 0.570. The smallest absolute Gasteiger partial charge is 0.0277 e. The van der Waals surface area contributed by atoms with Gasteiger partial charge in [0.15, 0.2) is 0 Å². The van der Waals surface area contributed by atoms with Crippen molar-refractivity contribution in [2.24, 2.45) is 10.8 Å². The van der Waals surface area contributed by atoms with Crippen molar-refractivity contribution in [3.05, 3.63) is 6.92 Å². The lowest BCUT2D eigenvalue weighted by atomic mass is 9.64. The predicted molar refractivity (Wildman–Crippen MR) is 57.1 cm³/mol.